The number of sulfone groups is 1. The topological polar surface area (TPSA) is 87.3 Å². The van der Waals surface area contributed by atoms with Gasteiger partial charge in [-0.1, -0.05) is 23.7 Å². The van der Waals surface area contributed by atoms with Gasteiger partial charge in [-0.05, 0) is 61.5 Å². The van der Waals surface area contributed by atoms with Crippen molar-refractivity contribution in [2.75, 3.05) is 11.6 Å². The molecule has 0 atom stereocenters. The van der Waals surface area contributed by atoms with E-state index in [1.54, 1.807) is 0 Å². The normalized spacial score (nSPS) is 10.9. The summed E-state index contributed by atoms with van der Waals surface area (Å²) in [4.78, 5) is 12.1. The molecule has 0 heterocycles. The number of benzene rings is 2. The number of aryl methyl sites for hydroxylation is 1. The zero-order valence-corrected chi connectivity index (χ0v) is 16.8. The smallest absolute Gasteiger partial charge is 0.269 e. The third-order valence-corrected chi connectivity index (χ3v) is 5.52. The van der Waals surface area contributed by atoms with E-state index in [1.165, 1.54) is 18.2 Å². The Morgan fingerprint density at radius 2 is 1.81 bits per heavy atom. The number of carbonyl (C=O) groups is 1. The minimum absolute atomic E-state index is 0.0594. The van der Waals surface area contributed by atoms with Crippen molar-refractivity contribution in [1.82, 2.24) is 10.9 Å². The molecule has 2 rings (SSSR count). The SMILES string of the molecule is Cc1cccc(NC(=S)NNC(=O)c2ccc(Cl)c(S(C)(=O)=O)c2)c1C. The molecular formula is C17H18ClN3O3S2. The summed E-state index contributed by atoms with van der Waals surface area (Å²) in [5, 5.41) is 3.25. The lowest BCUT2D eigenvalue weighted by atomic mass is 10.1. The number of rotatable bonds is 3. The maximum absolute atomic E-state index is 12.2. The standard InChI is InChI=1S/C17H18ClN3O3S2/c1-10-5-4-6-14(11(10)2)19-17(25)21-20-16(22)12-7-8-13(18)15(9-12)26(3,23)24/h4-9H,1-3H3,(H,20,22)(H2,19,21,25). The van der Waals surface area contributed by atoms with Crippen LogP contribution in [0.4, 0.5) is 5.69 Å². The van der Waals surface area contributed by atoms with Gasteiger partial charge in [0.05, 0.1) is 9.92 Å². The van der Waals surface area contributed by atoms with Gasteiger partial charge in [0.25, 0.3) is 5.91 Å². The maximum atomic E-state index is 12.2. The molecule has 0 aliphatic heterocycles. The van der Waals surface area contributed by atoms with Gasteiger partial charge in [-0.3, -0.25) is 15.6 Å². The van der Waals surface area contributed by atoms with E-state index >= 15 is 0 Å². The quantitative estimate of drug-likeness (QED) is 0.531. The summed E-state index contributed by atoms with van der Waals surface area (Å²) in [6.07, 6.45) is 1.03. The lowest BCUT2D eigenvalue weighted by Gasteiger charge is -2.14. The summed E-state index contributed by atoms with van der Waals surface area (Å²) in [6, 6.07) is 9.76. The number of hydrazine groups is 1. The molecule has 0 fully saturated rings. The first kappa shape index (κ1) is 20.2. The molecule has 138 valence electrons. The lowest BCUT2D eigenvalue weighted by Crippen LogP contribution is -2.43. The molecule has 6 nitrogen and oxygen atoms in total. The van der Waals surface area contributed by atoms with Crippen LogP contribution in [0.3, 0.4) is 0 Å². The van der Waals surface area contributed by atoms with E-state index in [2.05, 4.69) is 16.2 Å². The minimum Gasteiger partial charge on any atom is -0.331 e. The third kappa shape index (κ3) is 4.94. The Hall–Kier alpha value is -2.16. The molecule has 0 radical (unpaired) electrons. The van der Waals surface area contributed by atoms with Crippen molar-refractivity contribution in [3.63, 3.8) is 0 Å². The molecule has 3 N–H and O–H groups in total. The van der Waals surface area contributed by atoms with Crippen LogP contribution in [-0.4, -0.2) is 25.7 Å². The van der Waals surface area contributed by atoms with Gasteiger partial charge in [0.2, 0.25) is 0 Å². The van der Waals surface area contributed by atoms with Crippen molar-refractivity contribution in [2.24, 2.45) is 0 Å². The van der Waals surface area contributed by atoms with Crippen molar-refractivity contribution in [3.8, 4) is 0 Å². The largest absolute Gasteiger partial charge is 0.331 e. The van der Waals surface area contributed by atoms with Crippen LogP contribution in [0.5, 0.6) is 0 Å². The van der Waals surface area contributed by atoms with Crippen LogP contribution in [-0.2, 0) is 9.84 Å². The van der Waals surface area contributed by atoms with Crippen LogP contribution in [0.1, 0.15) is 21.5 Å². The number of carbonyl (C=O) groups excluding carboxylic acids is 1. The molecule has 0 saturated heterocycles. The highest BCUT2D eigenvalue weighted by molar-refractivity contribution is 7.90. The minimum atomic E-state index is -3.54. The highest BCUT2D eigenvalue weighted by Crippen LogP contribution is 2.22. The highest BCUT2D eigenvalue weighted by Gasteiger charge is 2.16. The molecule has 0 spiro atoms. The van der Waals surface area contributed by atoms with Crippen molar-refractivity contribution >= 4 is 50.4 Å². The molecule has 0 aliphatic carbocycles. The van der Waals surface area contributed by atoms with E-state index in [1.807, 2.05) is 32.0 Å². The molecule has 0 bridgehead atoms. The van der Waals surface area contributed by atoms with Crippen molar-refractivity contribution in [1.29, 1.82) is 0 Å². The average Bonchev–Trinajstić information content (AvgIpc) is 2.56. The summed E-state index contributed by atoms with van der Waals surface area (Å²) in [7, 11) is -3.54. The van der Waals surface area contributed by atoms with Crippen molar-refractivity contribution < 1.29 is 13.2 Å². The Kier molecular flexibility index (Phi) is 6.22. The number of hydrogen-bond acceptors (Lipinski definition) is 4. The Bertz CT molecular complexity index is 975. The molecule has 26 heavy (non-hydrogen) atoms. The predicted octanol–water partition coefficient (Wildman–Crippen LogP) is 2.99. The van der Waals surface area contributed by atoms with Crippen LogP contribution in [0.25, 0.3) is 0 Å². The Morgan fingerprint density at radius 3 is 2.46 bits per heavy atom. The Labute approximate surface area is 162 Å². The van der Waals surface area contributed by atoms with Crippen LogP contribution < -0.4 is 16.2 Å². The molecule has 0 aromatic heterocycles. The Balaban J connectivity index is 2.05. The number of anilines is 1. The fraction of sp³-hybridized carbons (Fsp3) is 0.176. The molecule has 9 heteroatoms. The number of halogens is 1. The second-order valence-electron chi connectivity index (χ2n) is 5.70. The van der Waals surface area contributed by atoms with Gasteiger partial charge < -0.3 is 5.32 Å². The monoisotopic (exact) mass is 411 g/mol. The van der Waals surface area contributed by atoms with Gasteiger partial charge in [0.1, 0.15) is 0 Å². The van der Waals surface area contributed by atoms with Crippen LogP contribution in [0, 0.1) is 13.8 Å². The second kappa shape index (κ2) is 8.03. The van der Waals surface area contributed by atoms with Crippen LogP contribution in [0.2, 0.25) is 5.02 Å². The summed E-state index contributed by atoms with van der Waals surface area (Å²) in [5.74, 6) is -0.545. The summed E-state index contributed by atoms with van der Waals surface area (Å²) >= 11 is 11.0. The van der Waals surface area contributed by atoms with E-state index in [0.717, 1.165) is 23.1 Å². The first-order chi connectivity index (χ1) is 12.1. The zero-order valence-electron chi connectivity index (χ0n) is 14.4. The molecule has 1 amide bonds. The number of thiocarbonyl (C=S) groups is 1. The van der Waals surface area contributed by atoms with Gasteiger partial charge in [-0.15, -0.1) is 0 Å². The second-order valence-corrected chi connectivity index (χ2v) is 8.50. The molecule has 0 unspecified atom stereocenters. The van der Waals surface area contributed by atoms with E-state index in [4.69, 9.17) is 23.8 Å². The van der Waals surface area contributed by atoms with Crippen molar-refractivity contribution in [3.05, 3.63) is 58.1 Å². The predicted molar refractivity (Wildman–Crippen MR) is 107 cm³/mol. The molecule has 0 aliphatic rings. The van der Waals surface area contributed by atoms with Crippen LogP contribution >= 0.6 is 23.8 Å². The zero-order chi connectivity index (χ0) is 19.5. The van der Waals surface area contributed by atoms with Gasteiger partial charge in [0.15, 0.2) is 14.9 Å². The summed E-state index contributed by atoms with van der Waals surface area (Å²) in [5.41, 5.74) is 8.11. The average molecular weight is 412 g/mol. The molecule has 2 aromatic carbocycles. The summed E-state index contributed by atoms with van der Waals surface area (Å²) in [6.45, 7) is 3.94. The van der Waals surface area contributed by atoms with E-state index in [-0.39, 0.29) is 20.6 Å². The van der Waals surface area contributed by atoms with E-state index < -0.39 is 15.7 Å². The van der Waals surface area contributed by atoms with Crippen molar-refractivity contribution in [2.45, 2.75) is 18.7 Å². The first-order valence-electron chi connectivity index (χ1n) is 7.52. The fourth-order valence-electron chi connectivity index (χ4n) is 2.15. The number of amides is 1. The van der Waals surface area contributed by atoms with Gasteiger partial charge in [-0.25, -0.2) is 8.42 Å². The fourth-order valence-corrected chi connectivity index (χ4v) is 3.62. The molecule has 2 aromatic rings. The highest BCUT2D eigenvalue weighted by atomic mass is 35.5. The van der Waals surface area contributed by atoms with E-state index in [0.29, 0.717) is 0 Å². The molecular weight excluding hydrogens is 394 g/mol. The maximum Gasteiger partial charge on any atom is 0.269 e. The number of nitrogens with one attached hydrogen (secondary N) is 3. The van der Waals surface area contributed by atoms with Gasteiger partial charge in [0, 0.05) is 17.5 Å². The first-order valence-corrected chi connectivity index (χ1v) is 10.2. The molecule has 0 saturated carbocycles. The summed E-state index contributed by atoms with van der Waals surface area (Å²) < 4.78 is 23.4. The number of hydrogen-bond donors (Lipinski definition) is 3. The van der Waals surface area contributed by atoms with Crippen LogP contribution in [0.15, 0.2) is 41.3 Å². The van der Waals surface area contributed by atoms with Gasteiger partial charge in [-0.2, -0.15) is 0 Å². The lowest BCUT2D eigenvalue weighted by molar-refractivity contribution is 0.0944. The Morgan fingerprint density at radius 1 is 1.12 bits per heavy atom. The third-order valence-electron chi connectivity index (χ3n) is 3.74. The van der Waals surface area contributed by atoms with Gasteiger partial charge >= 0.3 is 0 Å². The van der Waals surface area contributed by atoms with E-state index in [9.17, 15) is 13.2 Å².